The summed E-state index contributed by atoms with van der Waals surface area (Å²) in [6.45, 7) is 0.713. The van der Waals surface area contributed by atoms with Crippen molar-refractivity contribution in [1.82, 2.24) is 9.97 Å². The average Bonchev–Trinajstić information content (AvgIpc) is 3.01. The average molecular weight is 278 g/mol. The molecule has 1 unspecified atom stereocenters. The lowest BCUT2D eigenvalue weighted by Crippen LogP contribution is -2.04. The summed E-state index contributed by atoms with van der Waals surface area (Å²) in [4.78, 5) is 8.85. The summed E-state index contributed by atoms with van der Waals surface area (Å²) in [5.74, 6) is 0.913. The number of hydrogen-bond acceptors (Lipinski definition) is 4. The standard InChI is InChI=1S/C17H14N2O2/c20-17(12-5-6-16-11(9-12)7-8-21-16)15-10-18-13-3-1-2-4-14(13)19-15/h1-6,9-10,17,20H,7-8H2. The van der Waals surface area contributed by atoms with Crippen molar-refractivity contribution in [2.24, 2.45) is 0 Å². The van der Waals surface area contributed by atoms with Crippen LogP contribution in [-0.2, 0) is 6.42 Å². The Labute approximate surface area is 122 Å². The summed E-state index contributed by atoms with van der Waals surface area (Å²) in [6.07, 6.45) is 1.75. The lowest BCUT2D eigenvalue weighted by atomic mass is 10.0. The topological polar surface area (TPSA) is 55.2 Å². The smallest absolute Gasteiger partial charge is 0.123 e. The summed E-state index contributed by atoms with van der Waals surface area (Å²) < 4.78 is 5.49. The van der Waals surface area contributed by atoms with Gasteiger partial charge in [-0.1, -0.05) is 18.2 Å². The molecule has 0 saturated carbocycles. The summed E-state index contributed by atoms with van der Waals surface area (Å²) in [5, 5.41) is 10.5. The van der Waals surface area contributed by atoms with Gasteiger partial charge in [-0.25, -0.2) is 4.98 Å². The van der Waals surface area contributed by atoms with Crippen LogP contribution in [0, 0.1) is 0 Å². The molecule has 1 aromatic heterocycles. The van der Waals surface area contributed by atoms with Crippen LogP contribution in [0.15, 0.2) is 48.7 Å². The fourth-order valence-corrected chi connectivity index (χ4v) is 2.65. The van der Waals surface area contributed by atoms with Crippen molar-refractivity contribution in [3.63, 3.8) is 0 Å². The Morgan fingerprint density at radius 3 is 2.86 bits per heavy atom. The Bertz CT molecular complexity index is 817. The normalized spacial score (nSPS) is 14.7. The molecule has 2 heterocycles. The van der Waals surface area contributed by atoms with E-state index >= 15 is 0 Å². The third-order valence-electron chi connectivity index (χ3n) is 3.78. The Morgan fingerprint density at radius 1 is 1.10 bits per heavy atom. The van der Waals surface area contributed by atoms with E-state index in [9.17, 15) is 5.11 Å². The lowest BCUT2D eigenvalue weighted by molar-refractivity contribution is 0.215. The van der Waals surface area contributed by atoms with Crippen LogP contribution in [0.2, 0.25) is 0 Å². The van der Waals surface area contributed by atoms with Crippen LogP contribution in [-0.4, -0.2) is 21.7 Å². The van der Waals surface area contributed by atoms with Crippen LogP contribution in [0.1, 0.15) is 22.9 Å². The van der Waals surface area contributed by atoms with E-state index in [2.05, 4.69) is 9.97 Å². The number of aliphatic hydroxyl groups excluding tert-OH is 1. The fourth-order valence-electron chi connectivity index (χ4n) is 2.65. The van der Waals surface area contributed by atoms with Crippen LogP contribution >= 0.6 is 0 Å². The number of fused-ring (bicyclic) bond motifs is 2. The first-order chi connectivity index (χ1) is 10.3. The molecule has 1 atom stereocenters. The molecular formula is C17H14N2O2. The van der Waals surface area contributed by atoms with Crippen molar-refractivity contribution >= 4 is 11.0 Å². The number of hydrogen-bond donors (Lipinski definition) is 1. The molecule has 3 aromatic rings. The minimum absolute atomic E-state index is 0.563. The molecule has 0 spiro atoms. The van der Waals surface area contributed by atoms with Crippen molar-refractivity contribution in [3.05, 3.63) is 65.5 Å². The predicted molar refractivity (Wildman–Crippen MR) is 79.2 cm³/mol. The predicted octanol–water partition coefficient (Wildman–Crippen LogP) is 2.65. The van der Waals surface area contributed by atoms with E-state index in [1.54, 1.807) is 6.20 Å². The molecule has 0 saturated heterocycles. The largest absolute Gasteiger partial charge is 0.493 e. The van der Waals surface area contributed by atoms with E-state index in [0.717, 1.165) is 34.3 Å². The number of benzene rings is 2. The van der Waals surface area contributed by atoms with Gasteiger partial charge in [0.2, 0.25) is 0 Å². The zero-order chi connectivity index (χ0) is 14.2. The Balaban J connectivity index is 1.73. The molecule has 0 bridgehead atoms. The second-order valence-electron chi connectivity index (χ2n) is 5.15. The maximum atomic E-state index is 10.5. The van der Waals surface area contributed by atoms with Gasteiger partial charge in [-0.2, -0.15) is 0 Å². The first-order valence-corrected chi connectivity index (χ1v) is 6.96. The van der Waals surface area contributed by atoms with Crippen LogP contribution in [0.4, 0.5) is 0 Å². The number of nitrogens with zero attached hydrogens (tertiary/aromatic N) is 2. The van der Waals surface area contributed by atoms with Gasteiger partial charge >= 0.3 is 0 Å². The van der Waals surface area contributed by atoms with Crippen LogP contribution in [0.25, 0.3) is 11.0 Å². The zero-order valence-electron chi connectivity index (χ0n) is 11.4. The van der Waals surface area contributed by atoms with Crippen molar-refractivity contribution < 1.29 is 9.84 Å². The van der Waals surface area contributed by atoms with Gasteiger partial charge in [0.05, 0.1) is 29.5 Å². The van der Waals surface area contributed by atoms with E-state index in [0.29, 0.717) is 12.3 Å². The highest BCUT2D eigenvalue weighted by Gasteiger charge is 2.18. The molecule has 0 amide bonds. The van der Waals surface area contributed by atoms with E-state index in [-0.39, 0.29) is 0 Å². The molecular weight excluding hydrogens is 264 g/mol. The van der Waals surface area contributed by atoms with Gasteiger partial charge in [0.15, 0.2) is 0 Å². The number of aromatic nitrogens is 2. The summed E-state index contributed by atoms with van der Waals surface area (Å²) in [7, 11) is 0. The molecule has 0 aliphatic carbocycles. The quantitative estimate of drug-likeness (QED) is 0.783. The molecule has 0 fully saturated rings. The maximum Gasteiger partial charge on any atom is 0.123 e. The summed E-state index contributed by atoms with van der Waals surface area (Å²) in [5.41, 5.74) is 4.14. The van der Waals surface area contributed by atoms with Gasteiger partial charge in [-0.15, -0.1) is 0 Å². The van der Waals surface area contributed by atoms with E-state index in [1.807, 2.05) is 42.5 Å². The fraction of sp³-hybridized carbons (Fsp3) is 0.176. The number of para-hydroxylation sites is 2. The van der Waals surface area contributed by atoms with E-state index < -0.39 is 6.10 Å². The first-order valence-electron chi connectivity index (χ1n) is 6.96. The van der Waals surface area contributed by atoms with Crippen molar-refractivity contribution in [2.45, 2.75) is 12.5 Å². The number of aliphatic hydroxyl groups is 1. The molecule has 4 rings (SSSR count). The summed E-state index contributed by atoms with van der Waals surface area (Å²) >= 11 is 0. The Morgan fingerprint density at radius 2 is 1.95 bits per heavy atom. The molecule has 4 heteroatoms. The third-order valence-corrected chi connectivity index (χ3v) is 3.78. The summed E-state index contributed by atoms with van der Waals surface area (Å²) in [6, 6.07) is 13.4. The second kappa shape index (κ2) is 4.82. The molecule has 1 N–H and O–H groups in total. The maximum absolute atomic E-state index is 10.5. The van der Waals surface area contributed by atoms with Gasteiger partial charge in [-0.05, 0) is 35.4 Å². The molecule has 4 nitrogen and oxygen atoms in total. The minimum atomic E-state index is -0.770. The Kier molecular flexibility index (Phi) is 2.82. The van der Waals surface area contributed by atoms with E-state index in [1.165, 1.54) is 0 Å². The molecule has 0 radical (unpaired) electrons. The molecule has 104 valence electrons. The van der Waals surface area contributed by atoms with Gasteiger partial charge in [0.1, 0.15) is 11.9 Å². The molecule has 1 aliphatic rings. The van der Waals surface area contributed by atoms with Crippen LogP contribution in [0.3, 0.4) is 0 Å². The van der Waals surface area contributed by atoms with Crippen molar-refractivity contribution in [3.8, 4) is 5.75 Å². The van der Waals surface area contributed by atoms with Gasteiger partial charge in [-0.3, -0.25) is 4.98 Å². The number of rotatable bonds is 2. The van der Waals surface area contributed by atoms with Crippen molar-refractivity contribution in [1.29, 1.82) is 0 Å². The van der Waals surface area contributed by atoms with Gasteiger partial charge in [0, 0.05) is 6.42 Å². The second-order valence-corrected chi connectivity index (χ2v) is 5.15. The first kappa shape index (κ1) is 12.3. The zero-order valence-corrected chi connectivity index (χ0v) is 11.4. The highest BCUT2D eigenvalue weighted by molar-refractivity contribution is 5.73. The lowest BCUT2D eigenvalue weighted by Gasteiger charge is -2.12. The SMILES string of the molecule is OC(c1ccc2c(c1)CCO2)c1cnc2ccccc2n1. The number of ether oxygens (including phenoxy) is 1. The van der Waals surface area contributed by atoms with Gasteiger partial charge < -0.3 is 9.84 Å². The molecule has 2 aromatic carbocycles. The molecule has 1 aliphatic heterocycles. The van der Waals surface area contributed by atoms with Crippen LogP contribution in [0.5, 0.6) is 5.75 Å². The minimum Gasteiger partial charge on any atom is -0.493 e. The highest BCUT2D eigenvalue weighted by atomic mass is 16.5. The third kappa shape index (κ3) is 2.14. The monoisotopic (exact) mass is 278 g/mol. The van der Waals surface area contributed by atoms with Crippen LogP contribution < -0.4 is 4.74 Å². The van der Waals surface area contributed by atoms with Crippen molar-refractivity contribution in [2.75, 3.05) is 6.61 Å². The Hall–Kier alpha value is -2.46. The van der Waals surface area contributed by atoms with Gasteiger partial charge in [0.25, 0.3) is 0 Å². The molecule has 21 heavy (non-hydrogen) atoms. The van der Waals surface area contributed by atoms with E-state index in [4.69, 9.17) is 4.74 Å². The highest BCUT2D eigenvalue weighted by Crippen LogP contribution is 2.30.